The van der Waals surface area contributed by atoms with Crippen LogP contribution in [0, 0.1) is 0 Å². The second-order valence-corrected chi connectivity index (χ2v) is 6.21. The Labute approximate surface area is 131 Å². The van der Waals surface area contributed by atoms with Gasteiger partial charge in [0.15, 0.2) is 0 Å². The first-order valence-electron chi connectivity index (χ1n) is 7.82. The second kappa shape index (κ2) is 6.75. The third-order valence-electron chi connectivity index (χ3n) is 4.27. The predicted molar refractivity (Wildman–Crippen MR) is 85.2 cm³/mol. The zero-order valence-electron chi connectivity index (χ0n) is 12.6. The highest BCUT2D eigenvalue weighted by molar-refractivity contribution is 6.28. The molecule has 7 heteroatoms. The van der Waals surface area contributed by atoms with Crippen molar-refractivity contribution in [1.29, 1.82) is 0 Å². The lowest BCUT2D eigenvalue weighted by Gasteiger charge is -2.23. The molecular formula is C14H23ClN6. The summed E-state index contributed by atoms with van der Waals surface area (Å²) in [6.45, 7) is 6.42. The standard InChI is InChI=1S/C14H23ClN6/c1-19(10-11-20-6-2-3-7-20)13-16-12(15)17-14(18-13)21-8-4-5-9-21/h2-11H2,1H3. The molecule has 21 heavy (non-hydrogen) atoms. The van der Waals surface area contributed by atoms with E-state index in [2.05, 4.69) is 29.7 Å². The van der Waals surface area contributed by atoms with Crippen molar-refractivity contribution in [2.45, 2.75) is 25.7 Å². The topological polar surface area (TPSA) is 48.4 Å². The highest BCUT2D eigenvalue weighted by atomic mass is 35.5. The van der Waals surface area contributed by atoms with Gasteiger partial charge in [-0.25, -0.2) is 0 Å². The molecule has 0 aromatic carbocycles. The number of rotatable bonds is 5. The average Bonchev–Trinajstić information content (AvgIpc) is 3.17. The molecule has 0 radical (unpaired) electrons. The van der Waals surface area contributed by atoms with Crippen molar-refractivity contribution in [3.8, 4) is 0 Å². The summed E-state index contributed by atoms with van der Waals surface area (Å²) >= 11 is 6.07. The molecule has 0 saturated carbocycles. The Balaban J connectivity index is 1.65. The smallest absolute Gasteiger partial charge is 0.231 e. The predicted octanol–water partition coefficient (Wildman–Crippen LogP) is 1.66. The molecule has 116 valence electrons. The van der Waals surface area contributed by atoms with E-state index >= 15 is 0 Å². The largest absolute Gasteiger partial charge is 0.342 e. The van der Waals surface area contributed by atoms with Gasteiger partial charge in [0.05, 0.1) is 0 Å². The lowest BCUT2D eigenvalue weighted by Crippen LogP contribution is -2.32. The molecule has 1 aromatic heterocycles. The van der Waals surface area contributed by atoms with E-state index < -0.39 is 0 Å². The van der Waals surface area contributed by atoms with E-state index in [9.17, 15) is 0 Å². The van der Waals surface area contributed by atoms with E-state index in [1.807, 2.05) is 7.05 Å². The van der Waals surface area contributed by atoms with Crippen molar-refractivity contribution in [3.63, 3.8) is 0 Å². The molecule has 3 heterocycles. The Hall–Kier alpha value is -1.14. The van der Waals surface area contributed by atoms with Gasteiger partial charge in [0.1, 0.15) is 0 Å². The zero-order chi connectivity index (χ0) is 14.7. The fourth-order valence-corrected chi connectivity index (χ4v) is 3.11. The summed E-state index contributed by atoms with van der Waals surface area (Å²) in [6, 6.07) is 0. The van der Waals surface area contributed by atoms with Crippen molar-refractivity contribution < 1.29 is 0 Å². The number of anilines is 2. The van der Waals surface area contributed by atoms with Crippen LogP contribution in [-0.4, -0.2) is 66.2 Å². The van der Waals surface area contributed by atoms with E-state index in [1.54, 1.807) is 0 Å². The van der Waals surface area contributed by atoms with E-state index in [0.717, 1.165) is 32.1 Å². The van der Waals surface area contributed by atoms with Crippen LogP contribution in [0.4, 0.5) is 11.9 Å². The zero-order valence-corrected chi connectivity index (χ0v) is 13.4. The minimum absolute atomic E-state index is 0.287. The first kappa shape index (κ1) is 14.8. The summed E-state index contributed by atoms with van der Waals surface area (Å²) in [5.74, 6) is 1.40. The van der Waals surface area contributed by atoms with Crippen LogP contribution >= 0.6 is 11.6 Å². The number of hydrogen-bond acceptors (Lipinski definition) is 6. The molecule has 2 aliphatic rings. The molecule has 0 spiro atoms. The number of likely N-dealkylation sites (tertiary alicyclic amines) is 1. The van der Waals surface area contributed by atoms with Crippen molar-refractivity contribution in [3.05, 3.63) is 5.28 Å². The molecule has 1 aromatic rings. The van der Waals surface area contributed by atoms with Crippen LogP contribution in [0.2, 0.25) is 5.28 Å². The average molecular weight is 311 g/mol. The molecule has 0 aliphatic carbocycles. The number of nitrogens with zero attached hydrogens (tertiary/aromatic N) is 6. The summed E-state index contributed by atoms with van der Waals surface area (Å²) in [7, 11) is 2.02. The lowest BCUT2D eigenvalue weighted by molar-refractivity contribution is 0.346. The fourth-order valence-electron chi connectivity index (χ4n) is 2.96. The maximum atomic E-state index is 6.07. The summed E-state index contributed by atoms with van der Waals surface area (Å²) in [5.41, 5.74) is 0. The number of halogens is 1. The van der Waals surface area contributed by atoms with Crippen molar-refractivity contribution in [2.24, 2.45) is 0 Å². The van der Waals surface area contributed by atoms with Crippen LogP contribution in [0.25, 0.3) is 0 Å². The number of hydrogen-bond donors (Lipinski definition) is 0. The minimum atomic E-state index is 0.287. The maximum Gasteiger partial charge on any atom is 0.231 e. The molecule has 0 atom stereocenters. The van der Waals surface area contributed by atoms with Gasteiger partial charge in [-0.3, -0.25) is 0 Å². The van der Waals surface area contributed by atoms with Gasteiger partial charge in [0.25, 0.3) is 0 Å². The molecule has 3 rings (SSSR count). The van der Waals surface area contributed by atoms with Gasteiger partial charge in [-0.2, -0.15) is 15.0 Å². The van der Waals surface area contributed by atoms with Gasteiger partial charge in [-0.15, -0.1) is 0 Å². The Morgan fingerprint density at radius 2 is 1.67 bits per heavy atom. The van der Waals surface area contributed by atoms with E-state index in [-0.39, 0.29) is 5.28 Å². The monoisotopic (exact) mass is 310 g/mol. The SMILES string of the molecule is CN(CCN1CCCC1)c1nc(Cl)nc(N2CCCC2)n1. The van der Waals surface area contributed by atoms with Crippen LogP contribution < -0.4 is 9.80 Å². The minimum Gasteiger partial charge on any atom is -0.342 e. The molecule has 0 amide bonds. The maximum absolute atomic E-state index is 6.07. The molecule has 0 bridgehead atoms. The lowest BCUT2D eigenvalue weighted by atomic mass is 10.4. The molecule has 0 N–H and O–H groups in total. The van der Waals surface area contributed by atoms with Gasteiger partial charge in [-0.1, -0.05) is 0 Å². The summed E-state index contributed by atoms with van der Waals surface area (Å²) in [6.07, 6.45) is 5.04. The van der Waals surface area contributed by atoms with Gasteiger partial charge in [-0.05, 0) is 50.4 Å². The van der Waals surface area contributed by atoms with Gasteiger partial charge in [0.2, 0.25) is 17.2 Å². The first-order chi connectivity index (χ1) is 10.2. The van der Waals surface area contributed by atoms with Crippen molar-refractivity contribution >= 4 is 23.5 Å². The van der Waals surface area contributed by atoms with Gasteiger partial charge < -0.3 is 14.7 Å². The molecular weight excluding hydrogens is 288 g/mol. The molecule has 2 fully saturated rings. The summed E-state index contributed by atoms with van der Waals surface area (Å²) in [5, 5.41) is 0.287. The molecule has 0 unspecified atom stereocenters. The Morgan fingerprint density at radius 1 is 1.00 bits per heavy atom. The quantitative estimate of drug-likeness (QED) is 0.824. The Bertz CT molecular complexity index is 471. The normalized spacial score (nSPS) is 19.4. The van der Waals surface area contributed by atoms with Gasteiger partial charge >= 0.3 is 0 Å². The van der Waals surface area contributed by atoms with Crippen molar-refractivity contribution in [2.75, 3.05) is 56.1 Å². The number of likely N-dealkylation sites (N-methyl/N-ethyl adjacent to an activating group) is 1. The van der Waals surface area contributed by atoms with Crippen LogP contribution in [-0.2, 0) is 0 Å². The molecule has 2 saturated heterocycles. The summed E-state index contributed by atoms with van der Waals surface area (Å²) in [4.78, 5) is 19.9. The van der Waals surface area contributed by atoms with Crippen LogP contribution in [0.5, 0.6) is 0 Å². The molecule has 2 aliphatic heterocycles. The Morgan fingerprint density at radius 3 is 2.38 bits per heavy atom. The summed E-state index contributed by atoms with van der Waals surface area (Å²) < 4.78 is 0. The van der Waals surface area contributed by atoms with Crippen LogP contribution in [0.15, 0.2) is 0 Å². The highest BCUT2D eigenvalue weighted by Gasteiger charge is 2.19. The number of aromatic nitrogens is 3. The van der Waals surface area contributed by atoms with Gasteiger partial charge in [0, 0.05) is 33.2 Å². The van der Waals surface area contributed by atoms with E-state index in [0.29, 0.717) is 5.95 Å². The third-order valence-corrected chi connectivity index (χ3v) is 4.43. The third kappa shape index (κ3) is 3.74. The van der Waals surface area contributed by atoms with Crippen molar-refractivity contribution in [1.82, 2.24) is 19.9 Å². The highest BCUT2D eigenvalue weighted by Crippen LogP contribution is 2.20. The first-order valence-corrected chi connectivity index (χ1v) is 8.20. The van der Waals surface area contributed by atoms with E-state index in [1.165, 1.54) is 38.8 Å². The Kier molecular flexibility index (Phi) is 4.75. The van der Waals surface area contributed by atoms with E-state index in [4.69, 9.17) is 11.6 Å². The van der Waals surface area contributed by atoms with Crippen LogP contribution in [0.3, 0.4) is 0 Å². The molecule has 6 nitrogen and oxygen atoms in total. The fraction of sp³-hybridized carbons (Fsp3) is 0.786. The second-order valence-electron chi connectivity index (χ2n) is 5.87. The van der Waals surface area contributed by atoms with Crippen LogP contribution in [0.1, 0.15) is 25.7 Å².